The molecule has 3 aromatic rings. The van der Waals surface area contributed by atoms with Gasteiger partial charge in [-0.15, -0.1) is 16.4 Å². The predicted molar refractivity (Wildman–Crippen MR) is 77.1 cm³/mol. The van der Waals surface area contributed by atoms with Crippen LogP contribution >= 0.6 is 23.1 Å². The number of aryl methyl sites for hydroxylation is 2. The Morgan fingerprint density at radius 2 is 2.15 bits per heavy atom. The highest BCUT2D eigenvalue weighted by Gasteiger charge is 2.28. The molecule has 3 aromatic heterocycles. The molecule has 0 saturated heterocycles. The van der Waals surface area contributed by atoms with Gasteiger partial charge < -0.3 is 0 Å². The zero-order valence-corrected chi connectivity index (χ0v) is 12.7. The molecule has 0 N–H and O–H groups in total. The molecule has 0 atom stereocenters. The number of fused-ring (bicyclic) bond motifs is 1. The van der Waals surface area contributed by atoms with Crippen molar-refractivity contribution in [2.75, 3.05) is 0 Å². The van der Waals surface area contributed by atoms with Crippen molar-refractivity contribution < 1.29 is 0 Å². The minimum atomic E-state index is 0.468. The van der Waals surface area contributed by atoms with E-state index in [0.717, 1.165) is 33.2 Å². The van der Waals surface area contributed by atoms with E-state index < -0.39 is 0 Å². The summed E-state index contributed by atoms with van der Waals surface area (Å²) in [5.74, 6) is 0. The zero-order chi connectivity index (χ0) is 13.7. The smallest absolute Gasteiger partial charge is 0.215 e. The standard InChI is InChI=1S/C12H12N6S2/c1-6-7(2)19-10-9(6)11(14-5-13-10)20-12-15-16-17-18(12)8-3-4-8/h5,8H,3-4H2,1-2H3. The highest BCUT2D eigenvalue weighted by molar-refractivity contribution is 7.99. The summed E-state index contributed by atoms with van der Waals surface area (Å²) in [7, 11) is 0. The van der Waals surface area contributed by atoms with Gasteiger partial charge in [-0.1, -0.05) is 0 Å². The number of aromatic nitrogens is 6. The van der Waals surface area contributed by atoms with Crippen LogP contribution in [-0.4, -0.2) is 30.2 Å². The van der Waals surface area contributed by atoms with Gasteiger partial charge in [0, 0.05) is 10.3 Å². The van der Waals surface area contributed by atoms with E-state index in [1.807, 2.05) is 4.68 Å². The summed E-state index contributed by atoms with van der Waals surface area (Å²) in [6.45, 7) is 4.23. The molecule has 20 heavy (non-hydrogen) atoms. The van der Waals surface area contributed by atoms with Crippen LogP contribution in [0.5, 0.6) is 0 Å². The van der Waals surface area contributed by atoms with Gasteiger partial charge in [0.15, 0.2) is 0 Å². The van der Waals surface area contributed by atoms with Crippen LogP contribution in [0.15, 0.2) is 16.5 Å². The average molecular weight is 304 g/mol. The average Bonchev–Trinajstić information content (AvgIpc) is 3.11. The Morgan fingerprint density at radius 1 is 1.30 bits per heavy atom. The number of nitrogens with zero attached hydrogens (tertiary/aromatic N) is 6. The third-order valence-corrected chi connectivity index (χ3v) is 5.54. The molecule has 0 aliphatic heterocycles. The fourth-order valence-electron chi connectivity index (χ4n) is 2.11. The first-order valence-electron chi connectivity index (χ1n) is 6.40. The fraction of sp³-hybridized carbons (Fsp3) is 0.417. The van der Waals surface area contributed by atoms with E-state index in [0.29, 0.717) is 6.04 Å². The topological polar surface area (TPSA) is 69.4 Å². The van der Waals surface area contributed by atoms with E-state index >= 15 is 0 Å². The van der Waals surface area contributed by atoms with Crippen LogP contribution in [0.2, 0.25) is 0 Å². The third kappa shape index (κ3) is 1.90. The monoisotopic (exact) mass is 304 g/mol. The minimum Gasteiger partial charge on any atom is -0.229 e. The van der Waals surface area contributed by atoms with E-state index in [1.165, 1.54) is 22.2 Å². The largest absolute Gasteiger partial charge is 0.229 e. The summed E-state index contributed by atoms with van der Waals surface area (Å²) >= 11 is 3.23. The van der Waals surface area contributed by atoms with Crippen LogP contribution in [0.1, 0.15) is 29.3 Å². The maximum absolute atomic E-state index is 4.43. The number of hydrogen-bond donors (Lipinski definition) is 0. The third-order valence-electron chi connectivity index (χ3n) is 3.47. The molecule has 1 fully saturated rings. The summed E-state index contributed by atoms with van der Waals surface area (Å²) in [6.07, 6.45) is 3.94. The molecule has 0 unspecified atom stereocenters. The Morgan fingerprint density at radius 3 is 2.95 bits per heavy atom. The molecule has 1 aliphatic rings. The predicted octanol–water partition coefficient (Wildman–Crippen LogP) is 2.78. The number of thiophene rings is 1. The van der Waals surface area contributed by atoms with Gasteiger partial charge in [0.05, 0.1) is 6.04 Å². The van der Waals surface area contributed by atoms with Crippen molar-refractivity contribution in [3.63, 3.8) is 0 Å². The maximum atomic E-state index is 4.43. The van der Waals surface area contributed by atoms with Gasteiger partial charge in [0.2, 0.25) is 5.16 Å². The Hall–Kier alpha value is -1.54. The highest BCUT2D eigenvalue weighted by atomic mass is 32.2. The van der Waals surface area contributed by atoms with Crippen LogP contribution in [0.25, 0.3) is 10.2 Å². The lowest BCUT2D eigenvalue weighted by molar-refractivity contribution is 0.565. The number of hydrogen-bond acceptors (Lipinski definition) is 7. The summed E-state index contributed by atoms with van der Waals surface area (Å²) in [4.78, 5) is 11.1. The fourth-order valence-corrected chi connectivity index (χ4v) is 4.16. The first kappa shape index (κ1) is 12.2. The summed E-state index contributed by atoms with van der Waals surface area (Å²) in [6, 6.07) is 0.468. The van der Waals surface area contributed by atoms with E-state index in [1.54, 1.807) is 17.7 Å². The van der Waals surface area contributed by atoms with Crippen LogP contribution < -0.4 is 0 Å². The van der Waals surface area contributed by atoms with Crippen molar-refractivity contribution >= 4 is 33.3 Å². The molecular formula is C12H12N6S2. The van der Waals surface area contributed by atoms with Crippen molar-refractivity contribution in [2.24, 2.45) is 0 Å². The molecule has 1 aliphatic carbocycles. The van der Waals surface area contributed by atoms with Crippen molar-refractivity contribution in [2.45, 2.75) is 42.9 Å². The van der Waals surface area contributed by atoms with Gasteiger partial charge in [-0.3, -0.25) is 0 Å². The van der Waals surface area contributed by atoms with Gasteiger partial charge in [-0.25, -0.2) is 14.6 Å². The lowest BCUT2D eigenvalue weighted by Gasteiger charge is -2.03. The lowest BCUT2D eigenvalue weighted by atomic mass is 10.2. The van der Waals surface area contributed by atoms with Crippen LogP contribution in [0, 0.1) is 13.8 Å². The lowest BCUT2D eigenvalue weighted by Crippen LogP contribution is -1.99. The molecule has 8 heteroatoms. The Bertz CT molecular complexity index is 788. The molecule has 1 saturated carbocycles. The molecule has 0 radical (unpaired) electrons. The highest BCUT2D eigenvalue weighted by Crippen LogP contribution is 2.40. The van der Waals surface area contributed by atoms with Gasteiger partial charge in [-0.05, 0) is 54.4 Å². The van der Waals surface area contributed by atoms with Crippen molar-refractivity contribution in [3.05, 3.63) is 16.8 Å². The summed E-state index contributed by atoms with van der Waals surface area (Å²) in [5.41, 5.74) is 1.25. The van der Waals surface area contributed by atoms with E-state index in [4.69, 9.17) is 0 Å². The molecule has 0 bridgehead atoms. The molecular weight excluding hydrogens is 292 g/mol. The second-order valence-electron chi connectivity index (χ2n) is 4.88. The Labute approximate surface area is 123 Å². The van der Waals surface area contributed by atoms with E-state index in [-0.39, 0.29) is 0 Å². The maximum Gasteiger partial charge on any atom is 0.215 e. The first-order valence-corrected chi connectivity index (χ1v) is 8.04. The molecule has 0 aromatic carbocycles. The minimum absolute atomic E-state index is 0.468. The van der Waals surface area contributed by atoms with E-state index in [2.05, 4.69) is 39.3 Å². The van der Waals surface area contributed by atoms with Crippen LogP contribution in [-0.2, 0) is 0 Å². The zero-order valence-electron chi connectivity index (χ0n) is 11.1. The summed E-state index contributed by atoms with van der Waals surface area (Å²) in [5, 5.41) is 14.9. The number of rotatable bonds is 3. The SMILES string of the molecule is Cc1sc2ncnc(Sc3nnnn3C3CC3)c2c1C. The summed E-state index contributed by atoms with van der Waals surface area (Å²) < 4.78 is 1.91. The Kier molecular flexibility index (Phi) is 2.74. The van der Waals surface area contributed by atoms with Gasteiger partial charge in [-0.2, -0.15) is 0 Å². The quantitative estimate of drug-likeness (QED) is 0.693. The van der Waals surface area contributed by atoms with Crippen LogP contribution in [0.4, 0.5) is 0 Å². The van der Waals surface area contributed by atoms with Crippen LogP contribution in [0.3, 0.4) is 0 Å². The van der Waals surface area contributed by atoms with Crippen molar-refractivity contribution in [3.8, 4) is 0 Å². The van der Waals surface area contributed by atoms with Gasteiger partial charge >= 0.3 is 0 Å². The molecule has 6 nitrogen and oxygen atoms in total. The van der Waals surface area contributed by atoms with Gasteiger partial charge in [0.25, 0.3) is 0 Å². The first-order chi connectivity index (χ1) is 9.74. The second kappa shape index (κ2) is 4.49. The molecule has 0 spiro atoms. The van der Waals surface area contributed by atoms with Crippen molar-refractivity contribution in [1.82, 2.24) is 30.2 Å². The Balaban J connectivity index is 1.80. The molecule has 4 rings (SSSR count). The molecule has 0 amide bonds. The molecule has 102 valence electrons. The number of tetrazole rings is 1. The van der Waals surface area contributed by atoms with E-state index in [9.17, 15) is 0 Å². The van der Waals surface area contributed by atoms with Gasteiger partial charge in [0.1, 0.15) is 16.2 Å². The second-order valence-corrected chi connectivity index (χ2v) is 7.04. The molecule has 3 heterocycles. The normalized spacial score (nSPS) is 15.1. The van der Waals surface area contributed by atoms with Crippen molar-refractivity contribution in [1.29, 1.82) is 0 Å².